The smallest absolute Gasteiger partial charge is 0.266 e. The van der Waals surface area contributed by atoms with Crippen molar-refractivity contribution in [2.45, 2.75) is 25.4 Å². The van der Waals surface area contributed by atoms with Crippen molar-refractivity contribution in [3.8, 4) is 0 Å². The molecule has 0 aromatic carbocycles. The van der Waals surface area contributed by atoms with Crippen LogP contribution in [0.25, 0.3) is 0 Å². The van der Waals surface area contributed by atoms with Gasteiger partial charge in [-0.05, 0) is 53.0 Å². The number of hydrogen-bond donors (Lipinski definition) is 1. The molecule has 29 heavy (non-hydrogen) atoms. The third-order valence-corrected chi connectivity index (χ3v) is 6.71. The summed E-state index contributed by atoms with van der Waals surface area (Å²) in [5.41, 5.74) is 0.747. The zero-order chi connectivity index (χ0) is 20.4. The van der Waals surface area contributed by atoms with Gasteiger partial charge in [0.2, 0.25) is 12.0 Å². The Balaban J connectivity index is 1.26. The predicted molar refractivity (Wildman–Crippen MR) is 115 cm³/mol. The highest BCUT2D eigenvalue weighted by Crippen LogP contribution is 2.28. The van der Waals surface area contributed by atoms with Crippen molar-refractivity contribution in [1.29, 1.82) is 0 Å². The first-order chi connectivity index (χ1) is 14.0. The Morgan fingerprint density at radius 1 is 1.24 bits per heavy atom. The Morgan fingerprint density at radius 2 is 2.03 bits per heavy atom. The molecule has 2 aliphatic heterocycles. The van der Waals surface area contributed by atoms with Gasteiger partial charge < -0.3 is 15.1 Å². The molecule has 2 aromatic rings. The van der Waals surface area contributed by atoms with Crippen molar-refractivity contribution in [2.24, 2.45) is 11.1 Å². The molecule has 1 atom stereocenters. The van der Waals surface area contributed by atoms with E-state index in [0.29, 0.717) is 42.5 Å². The maximum absolute atomic E-state index is 12.8. The van der Waals surface area contributed by atoms with Crippen molar-refractivity contribution in [1.82, 2.24) is 9.88 Å². The average Bonchev–Trinajstić information content (AvgIpc) is 3.38. The summed E-state index contributed by atoms with van der Waals surface area (Å²) in [6, 6.07) is 7.26. The topological polar surface area (TPSA) is 83.9 Å². The Kier molecular flexibility index (Phi) is 6.17. The first-order valence-electron chi connectivity index (χ1n) is 9.19. The summed E-state index contributed by atoms with van der Waals surface area (Å²) >= 11 is 10.7. The molecule has 7 nitrogen and oxygen atoms in total. The molecule has 0 radical (unpaired) electrons. The van der Waals surface area contributed by atoms with Crippen LogP contribution >= 0.6 is 38.9 Å². The number of aromatic nitrogens is 1. The van der Waals surface area contributed by atoms with E-state index < -0.39 is 6.10 Å². The molecule has 152 valence electrons. The SMILES string of the molecule is O=C(Nc1ccc(Br)cn1)C1CCN(C(=O)C2CC(c3ccc(Cl)s3)=NO2)CC1. The number of anilines is 1. The van der Waals surface area contributed by atoms with E-state index in [1.807, 2.05) is 12.1 Å². The molecule has 4 heterocycles. The molecule has 1 saturated heterocycles. The summed E-state index contributed by atoms with van der Waals surface area (Å²) < 4.78 is 1.53. The Morgan fingerprint density at radius 3 is 2.69 bits per heavy atom. The minimum atomic E-state index is -0.608. The third-order valence-electron chi connectivity index (χ3n) is 4.96. The zero-order valence-electron chi connectivity index (χ0n) is 15.3. The Bertz CT molecular complexity index is 941. The molecule has 1 unspecified atom stereocenters. The van der Waals surface area contributed by atoms with Crippen LogP contribution in [0.1, 0.15) is 24.1 Å². The number of halogens is 2. The fraction of sp³-hybridized carbons (Fsp3) is 0.368. The van der Waals surface area contributed by atoms with Gasteiger partial charge in [0, 0.05) is 36.1 Å². The Hall–Kier alpha value is -1.97. The number of carbonyl (C=O) groups excluding carboxylic acids is 2. The molecule has 1 fully saturated rings. The quantitative estimate of drug-likeness (QED) is 0.694. The highest BCUT2D eigenvalue weighted by Gasteiger charge is 2.35. The van der Waals surface area contributed by atoms with Crippen molar-refractivity contribution >= 4 is 62.2 Å². The summed E-state index contributed by atoms with van der Waals surface area (Å²) in [4.78, 5) is 37.5. The normalized spacial score (nSPS) is 19.6. The van der Waals surface area contributed by atoms with E-state index >= 15 is 0 Å². The van der Waals surface area contributed by atoms with E-state index in [1.165, 1.54) is 11.3 Å². The number of rotatable bonds is 4. The maximum Gasteiger partial charge on any atom is 0.266 e. The standard InChI is InChI=1S/C19H18BrClN4O3S/c20-12-1-4-17(22-10-12)23-18(26)11-5-7-25(8-6-11)19(27)14-9-13(24-28-14)15-2-3-16(21)29-15/h1-4,10-11,14H,5-9H2,(H,22,23,26). The summed E-state index contributed by atoms with van der Waals surface area (Å²) in [6.45, 7) is 1.04. The second-order valence-electron chi connectivity index (χ2n) is 6.89. The summed E-state index contributed by atoms with van der Waals surface area (Å²) in [6.07, 6.45) is 2.68. The molecule has 0 aliphatic carbocycles. The van der Waals surface area contributed by atoms with Crippen LogP contribution in [-0.2, 0) is 14.4 Å². The van der Waals surface area contributed by atoms with Crippen LogP contribution in [0.2, 0.25) is 4.34 Å². The average molecular weight is 498 g/mol. The van der Waals surface area contributed by atoms with Gasteiger partial charge in [-0.2, -0.15) is 0 Å². The van der Waals surface area contributed by atoms with Crippen LogP contribution < -0.4 is 5.32 Å². The number of likely N-dealkylation sites (tertiary alicyclic amines) is 1. The monoisotopic (exact) mass is 496 g/mol. The first kappa shape index (κ1) is 20.3. The van der Waals surface area contributed by atoms with Crippen molar-refractivity contribution in [3.05, 3.63) is 44.1 Å². The molecular weight excluding hydrogens is 480 g/mol. The number of carbonyl (C=O) groups is 2. The van der Waals surface area contributed by atoms with Gasteiger partial charge >= 0.3 is 0 Å². The first-order valence-corrected chi connectivity index (χ1v) is 11.2. The van der Waals surface area contributed by atoms with Gasteiger partial charge in [0.1, 0.15) is 11.5 Å². The molecular formula is C19H18BrClN4O3S. The van der Waals surface area contributed by atoms with Gasteiger partial charge in [-0.3, -0.25) is 9.59 Å². The molecule has 10 heteroatoms. The fourth-order valence-electron chi connectivity index (χ4n) is 3.37. The van der Waals surface area contributed by atoms with E-state index in [-0.39, 0.29) is 17.7 Å². The van der Waals surface area contributed by atoms with Crippen molar-refractivity contribution in [3.63, 3.8) is 0 Å². The third kappa shape index (κ3) is 4.79. The van der Waals surface area contributed by atoms with Gasteiger partial charge in [-0.15, -0.1) is 11.3 Å². The minimum absolute atomic E-state index is 0.0655. The van der Waals surface area contributed by atoms with E-state index in [9.17, 15) is 9.59 Å². The summed E-state index contributed by atoms with van der Waals surface area (Å²) in [5.74, 6) is 0.229. The molecule has 1 N–H and O–H groups in total. The molecule has 0 spiro atoms. The number of hydrogen-bond acceptors (Lipinski definition) is 6. The van der Waals surface area contributed by atoms with E-state index in [0.717, 1.165) is 15.1 Å². The van der Waals surface area contributed by atoms with E-state index in [1.54, 1.807) is 23.2 Å². The van der Waals surface area contributed by atoms with Crippen LogP contribution in [-0.4, -0.2) is 46.6 Å². The highest BCUT2D eigenvalue weighted by atomic mass is 79.9. The van der Waals surface area contributed by atoms with Crippen LogP contribution in [0, 0.1) is 5.92 Å². The number of oxime groups is 1. The van der Waals surface area contributed by atoms with E-state index in [4.69, 9.17) is 16.4 Å². The molecule has 2 amide bonds. The second kappa shape index (κ2) is 8.81. The van der Waals surface area contributed by atoms with Gasteiger partial charge in [0.15, 0.2) is 0 Å². The number of piperidine rings is 1. The lowest BCUT2D eigenvalue weighted by atomic mass is 9.95. The van der Waals surface area contributed by atoms with Gasteiger partial charge in [0.25, 0.3) is 5.91 Å². The number of nitrogens with one attached hydrogen (secondary N) is 1. The number of amides is 2. The number of pyridine rings is 1. The van der Waals surface area contributed by atoms with Crippen LogP contribution in [0.3, 0.4) is 0 Å². The fourth-order valence-corrected chi connectivity index (χ4v) is 4.64. The molecule has 4 rings (SSSR count). The number of nitrogens with zero attached hydrogens (tertiary/aromatic N) is 3. The van der Waals surface area contributed by atoms with Crippen LogP contribution in [0.15, 0.2) is 40.1 Å². The highest BCUT2D eigenvalue weighted by molar-refractivity contribution is 9.10. The lowest BCUT2D eigenvalue weighted by Crippen LogP contribution is -2.45. The summed E-state index contributed by atoms with van der Waals surface area (Å²) in [5, 5.41) is 6.90. The maximum atomic E-state index is 12.8. The number of thiophene rings is 1. The van der Waals surface area contributed by atoms with Gasteiger partial charge in [-0.25, -0.2) is 4.98 Å². The molecule has 2 aliphatic rings. The van der Waals surface area contributed by atoms with Crippen molar-refractivity contribution in [2.75, 3.05) is 18.4 Å². The molecule has 0 bridgehead atoms. The van der Waals surface area contributed by atoms with Gasteiger partial charge in [-0.1, -0.05) is 16.8 Å². The van der Waals surface area contributed by atoms with Crippen LogP contribution in [0.4, 0.5) is 5.82 Å². The van der Waals surface area contributed by atoms with Crippen LogP contribution in [0.5, 0.6) is 0 Å². The Labute approximate surface area is 185 Å². The molecule has 0 saturated carbocycles. The lowest BCUT2D eigenvalue weighted by molar-refractivity contribution is -0.144. The van der Waals surface area contributed by atoms with Gasteiger partial charge in [0.05, 0.1) is 9.21 Å². The second-order valence-corrected chi connectivity index (χ2v) is 9.52. The van der Waals surface area contributed by atoms with Crippen molar-refractivity contribution < 1.29 is 14.4 Å². The van der Waals surface area contributed by atoms with E-state index in [2.05, 4.69) is 31.4 Å². The largest absolute Gasteiger partial charge is 0.382 e. The summed E-state index contributed by atoms with van der Waals surface area (Å²) in [7, 11) is 0. The minimum Gasteiger partial charge on any atom is -0.382 e. The zero-order valence-corrected chi connectivity index (χ0v) is 18.5. The molecule has 2 aromatic heterocycles. The lowest BCUT2D eigenvalue weighted by Gasteiger charge is -2.32. The predicted octanol–water partition coefficient (Wildman–Crippen LogP) is 3.93.